The molecule has 0 radical (unpaired) electrons. The Kier molecular flexibility index (Phi) is 7.49. The van der Waals surface area contributed by atoms with Gasteiger partial charge in [0, 0.05) is 5.56 Å². The number of hydrogen-bond acceptors (Lipinski definition) is 8. The van der Waals surface area contributed by atoms with Crippen LogP contribution >= 0.6 is 11.3 Å². The molecule has 0 atom stereocenters. The summed E-state index contributed by atoms with van der Waals surface area (Å²) in [5.41, 5.74) is 2.01. The van der Waals surface area contributed by atoms with E-state index in [2.05, 4.69) is 15.5 Å². The topological polar surface area (TPSA) is 120 Å². The van der Waals surface area contributed by atoms with Gasteiger partial charge in [0.05, 0.1) is 31.1 Å². The molecule has 9 nitrogen and oxygen atoms in total. The van der Waals surface area contributed by atoms with Crippen molar-refractivity contribution < 1.29 is 28.6 Å². The Morgan fingerprint density at radius 3 is 2.61 bits per heavy atom. The highest BCUT2D eigenvalue weighted by Gasteiger charge is 2.28. The maximum Gasteiger partial charge on any atom is 0.348 e. The number of ether oxygens (including phenoxy) is 3. The van der Waals surface area contributed by atoms with E-state index in [1.807, 2.05) is 18.2 Å². The van der Waals surface area contributed by atoms with Gasteiger partial charge in [-0.3, -0.25) is 9.89 Å². The Hall–Kier alpha value is -3.66. The summed E-state index contributed by atoms with van der Waals surface area (Å²) in [6.07, 6.45) is -0.371. The number of anilines is 1. The van der Waals surface area contributed by atoms with Crippen molar-refractivity contribution in [2.45, 2.75) is 33.8 Å². The van der Waals surface area contributed by atoms with Crippen molar-refractivity contribution in [3.8, 4) is 17.0 Å². The van der Waals surface area contributed by atoms with E-state index in [4.69, 9.17) is 14.2 Å². The number of methoxy groups -OCH3 is 1. The summed E-state index contributed by atoms with van der Waals surface area (Å²) in [7, 11) is 1.57. The van der Waals surface area contributed by atoms with E-state index in [1.54, 1.807) is 46.9 Å². The number of rotatable bonds is 8. The van der Waals surface area contributed by atoms with E-state index in [9.17, 15) is 14.4 Å². The molecule has 0 unspecified atom stereocenters. The first kappa shape index (κ1) is 24.0. The monoisotopic (exact) mass is 471 g/mol. The van der Waals surface area contributed by atoms with Crippen LogP contribution in [0, 0.1) is 6.92 Å². The number of thiophene rings is 1. The second kappa shape index (κ2) is 10.3. The lowest BCUT2D eigenvalue weighted by molar-refractivity contribution is 0.0379. The number of aromatic amines is 1. The van der Waals surface area contributed by atoms with Crippen LogP contribution in [0.5, 0.6) is 5.75 Å². The smallest absolute Gasteiger partial charge is 0.348 e. The van der Waals surface area contributed by atoms with Crippen molar-refractivity contribution in [3.63, 3.8) is 0 Å². The summed E-state index contributed by atoms with van der Waals surface area (Å²) < 4.78 is 15.6. The number of nitrogens with zero attached hydrogens (tertiary/aromatic N) is 1. The van der Waals surface area contributed by atoms with Gasteiger partial charge >= 0.3 is 11.9 Å². The number of esters is 2. The third-order valence-corrected chi connectivity index (χ3v) is 5.76. The molecule has 0 aliphatic heterocycles. The van der Waals surface area contributed by atoms with Gasteiger partial charge in [0.25, 0.3) is 5.91 Å². The third kappa shape index (κ3) is 5.40. The lowest BCUT2D eigenvalue weighted by Gasteiger charge is -2.10. The standard InChI is InChI=1S/C23H25N3O6S/c1-6-31-23(29)19-13(4)18(22(28)32-12(2)3)21(33-19)24-20(27)17-11-16(25-26-17)14-8-7-9-15(10-14)30-5/h7-12H,6H2,1-5H3,(H,24,27)(H,25,26). The molecular formula is C23H25N3O6S. The molecule has 1 aromatic carbocycles. The molecule has 10 heteroatoms. The van der Waals surface area contributed by atoms with Crippen LogP contribution in [-0.4, -0.2) is 47.9 Å². The quantitative estimate of drug-likeness (QED) is 0.466. The van der Waals surface area contributed by atoms with Crippen LogP contribution < -0.4 is 10.1 Å². The predicted molar refractivity (Wildman–Crippen MR) is 124 cm³/mol. The van der Waals surface area contributed by atoms with Crippen LogP contribution in [0.1, 0.15) is 56.9 Å². The number of carbonyl (C=O) groups excluding carboxylic acids is 3. The van der Waals surface area contributed by atoms with Crippen LogP contribution in [0.15, 0.2) is 30.3 Å². The number of carbonyl (C=O) groups is 3. The van der Waals surface area contributed by atoms with Gasteiger partial charge < -0.3 is 19.5 Å². The molecule has 1 amide bonds. The fourth-order valence-electron chi connectivity index (χ4n) is 3.05. The van der Waals surface area contributed by atoms with Gasteiger partial charge in [-0.15, -0.1) is 11.3 Å². The van der Waals surface area contributed by atoms with Crippen LogP contribution in [0.3, 0.4) is 0 Å². The number of aromatic nitrogens is 2. The van der Waals surface area contributed by atoms with Crippen molar-refractivity contribution >= 4 is 34.2 Å². The zero-order valence-corrected chi connectivity index (χ0v) is 19.8. The highest BCUT2D eigenvalue weighted by molar-refractivity contribution is 7.18. The van der Waals surface area contributed by atoms with E-state index in [0.717, 1.165) is 16.9 Å². The Morgan fingerprint density at radius 2 is 1.94 bits per heavy atom. The molecule has 33 heavy (non-hydrogen) atoms. The normalized spacial score (nSPS) is 10.7. The first-order chi connectivity index (χ1) is 15.7. The molecule has 2 N–H and O–H groups in total. The lowest BCUT2D eigenvalue weighted by Crippen LogP contribution is -2.17. The second-order valence-electron chi connectivity index (χ2n) is 7.29. The minimum atomic E-state index is -0.633. The maximum absolute atomic E-state index is 12.9. The van der Waals surface area contributed by atoms with Gasteiger partial charge in [-0.1, -0.05) is 12.1 Å². The SMILES string of the molecule is CCOC(=O)c1sc(NC(=O)c2cc(-c3cccc(OC)c3)n[nH]2)c(C(=O)OC(C)C)c1C. The molecule has 0 fully saturated rings. The fraction of sp³-hybridized carbons (Fsp3) is 0.304. The molecule has 0 saturated heterocycles. The molecule has 2 aromatic heterocycles. The van der Waals surface area contributed by atoms with Gasteiger partial charge in [0.2, 0.25) is 0 Å². The Morgan fingerprint density at radius 1 is 1.18 bits per heavy atom. The van der Waals surface area contributed by atoms with Gasteiger partial charge in [-0.25, -0.2) is 9.59 Å². The van der Waals surface area contributed by atoms with Crippen molar-refractivity contribution in [2.24, 2.45) is 0 Å². The number of H-pyrrole nitrogens is 1. The number of benzene rings is 1. The summed E-state index contributed by atoms with van der Waals surface area (Å²) in [6, 6.07) is 8.85. The summed E-state index contributed by atoms with van der Waals surface area (Å²) in [5, 5.41) is 9.79. The Bertz CT molecular complexity index is 1180. The fourth-order valence-corrected chi connectivity index (χ4v) is 4.13. The molecule has 0 aliphatic carbocycles. The van der Waals surface area contributed by atoms with Crippen LogP contribution in [0.2, 0.25) is 0 Å². The lowest BCUT2D eigenvalue weighted by atomic mass is 10.1. The molecule has 0 spiro atoms. The largest absolute Gasteiger partial charge is 0.497 e. The summed E-state index contributed by atoms with van der Waals surface area (Å²) >= 11 is 0.963. The Balaban J connectivity index is 1.91. The molecule has 0 saturated carbocycles. The van der Waals surface area contributed by atoms with Crippen molar-refractivity contribution in [1.29, 1.82) is 0 Å². The van der Waals surface area contributed by atoms with E-state index in [0.29, 0.717) is 17.0 Å². The van der Waals surface area contributed by atoms with Gasteiger partial charge in [0.1, 0.15) is 21.3 Å². The highest BCUT2D eigenvalue weighted by atomic mass is 32.1. The van der Waals surface area contributed by atoms with Gasteiger partial charge in [0.15, 0.2) is 0 Å². The minimum absolute atomic E-state index is 0.123. The van der Waals surface area contributed by atoms with Crippen molar-refractivity contribution in [2.75, 3.05) is 19.0 Å². The Labute approximate surface area is 195 Å². The summed E-state index contributed by atoms with van der Waals surface area (Å²) in [4.78, 5) is 38.2. The summed E-state index contributed by atoms with van der Waals surface area (Å²) in [6.45, 7) is 6.93. The maximum atomic E-state index is 12.9. The average Bonchev–Trinajstić information content (AvgIpc) is 3.39. The van der Waals surface area contributed by atoms with E-state index < -0.39 is 17.8 Å². The van der Waals surface area contributed by atoms with Gasteiger partial charge in [-0.2, -0.15) is 5.10 Å². The zero-order chi connectivity index (χ0) is 24.1. The third-order valence-electron chi connectivity index (χ3n) is 4.57. The van der Waals surface area contributed by atoms with Crippen molar-refractivity contribution in [3.05, 3.63) is 52.0 Å². The average molecular weight is 472 g/mol. The number of amides is 1. The molecule has 3 aromatic rings. The molecule has 3 rings (SSSR count). The highest BCUT2D eigenvalue weighted by Crippen LogP contribution is 2.35. The predicted octanol–water partition coefficient (Wildman–Crippen LogP) is 4.45. The first-order valence-electron chi connectivity index (χ1n) is 10.3. The van der Waals surface area contributed by atoms with E-state index in [1.165, 1.54) is 0 Å². The molecule has 2 heterocycles. The minimum Gasteiger partial charge on any atom is -0.497 e. The number of hydrogen-bond donors (Lipinski definition) is 2. The molecule has 0 aliphatic rings. The molecule has 0 bridgehead atoms. The summed E-state index contributed by atoms with van der Waals surface area (Å²) in [5.74, 6) is -1.06. The van der Waals surface area contributed by atoms with Crippen LogP contribution in [-0.2, 0) is 9.47 Å². The molecule has 174 valence electrons. The second-order valence-corrected chi connectivity index (χ2v) is 8.31. The van der Waals surface area contributed by atoms with E-state index in [-0.39, 0.29) is 33.8 Å². The van der Waals surface area contributed by atoms with Gasteiger partial charge in [-0.05, 0) is 51.5 Å². The number of nitrogens with one attached hydrogen (secondary N) is 2. The van der Waals surface area contributed by atoms with Crippen molar-refractivity contribution in [1.82, 2.24) is 10.2 Å². The first-order valence-corrected chi connectivity index (χ1v) is 11.1. The zero-order valence-electron chi connectivity index (χ0n) is 19.0. The van der Waals surface area contributed by atoms with E-state index >= 15 is 0 Å². The van der Waals surface area contributed by atoms with Crippen LogP contribution in [0.4, 0.5) is 5.00 Å². The van der Waals surface area contributed by atoms with Crippen LogP contribution in [0.25, 0.3) is 11.3 Å². The molecular weight excluding hydrogens is 446 g/mol.